The maximum atomic E-state index is 5.67. The zero-order valence-corrected chi connectivity index (χ0v) is 45.9. The van der Waals surface area contributed by atoms with Gasteiger partial charge < -0.3 is 9.80 Å². The van der Waals surface area contributed by atoms with Crippen molar-refractivity contribution in [3.05, 3.63) is 125 Å². The van der Waals surface area contributed by atoms with Gasteiger partial charge in [0, 0.05) is 23.9 Å². The van der Waals surface area contributed by atoms with Crippen molar-refractivity contribution in [1.82, 2.24) is 0 Å². The van der Waals surface area contributed by atoms with E-state index < -0.39 is 13.5 Å². The van der Waals surface area contributed by atoms with Crippen LogP contribution in [-0.2, 0) is 13.5 Å². The third-order valence-electron chi connectivity index (χ3n) is 15.0. The number of hydrogen-bond donors (Lipinski definition) is 0. The van der Waals surface area contributed by atoms with Crippen LogP contribution >= 0.6 is 27.3 Å². The number of anilines is 2. The van der Waals surface area contributed by atoms with Gasteiger partial charge in [-0.25, -0.2) is 0 Å². The van der Waals surface area contributed by atoms with E-state index in [-0.39, 0.29) is 0 Å². The molecule has 0 aromatic heterocycles. The zero-order valence-electron chi connectivity index (χ0n) is 41.8. The Labute approximate surface area is 416 Å². The van der Waals surface area contributed by atoms with Crippen molar-refractivity contribution in [1.29, 1.82) is 0 Å². The Hall–Kier alpha value is -2.28. The summed E-state index contributed by atoms with van der Waals surface area (Å²) in [5, 5.41) is 5.30. The molecule has 3 saturated carbocycles. The summed E-state index contributed by atoms with van der Waals surface area (Å²) in [7, 11) is 11.7. The van der Waals surface area contributed by atoms with Gasteiger partial charge in [-0.2, -0.15) is 0 Å². The van der Waals surface area contributed by atoms with E-state index in [2.05, 4.69) is 133 Å². The first kappa shape index (κ1) is 51.6. The number of fused-ring (bicyclic) bond motifs is 2. The van der Waals surface area contributed by atoms with Crippen LogP contribution in [0, 0.1) is 6.67 Å². The Morgan fingerprint density at radius 1 is 0.500 bits per heavy atom. The van der Waals surface area contributed by atoms with E-state index in [0.717, 1.165) is 18.7 Å². The van der Waals surface area contributed by atoms with Crippen molar-refractivity contribution in [2.24, 2.45) is 0 Å². The van der Waals surface area contributed by atoms with Gasteiger partial charge in [0.05, 0.1) is 11.4 Å². The Kier molecular flexibility index (Phi) is 19.6. The van der Waals surface area contributed by atoms with Crippen LogP contribution in [0.3, 0.4) is 0 Å². The van der Waals surface area contributed by atoms with Crippen molar-refractivity contribution in [3.63, 3.8) is 0 Å². The summed E-state index contributed by atoms with van der Waals surface area (Å²) in [6.07, 6.45) is 23.6. The molecule has 0 N–H and O–H groups in total. The SMILES string of the molecule is C1CCC(P(C2CCCCC2)C2CCCCC2)CC1.CC(C)c1ccc2ccc(C(C)C)c(N3[C]N(c4c(C(C)C)ccc5ccc(C(C)C)cc45)CC3)c2c1.[Cl][Ru]([Cl])=[CH]c1ccccc1. The van der Waals surface area contributed by atoms with Gasteiger partial charge >= 0.3 is 73.4 Å². The fraction of sp³-hybridized carbons (Fsp3) is 0.533. The minimum atomic E-state index is -1.61. The normalized spacial score (nSPS) is 18.1. The van der Waals surface area contributed by atoms with Gasteiger partial charge in [-0.05, 0) is 124 Å². The Morgan fingerprint density at radius 2 is 0.879 bits per heavy atom. The van der Waals surface area contributed by atoms with Crippen LogP contribution in [0.15, 0.2) is 91.0 Å². The van der Waals surface area contributed by atoms with Crippen LogP contribution in [-0.4, -0.2) is 34.7 Å². The fourth-order valence-electron chi connectivity index (χ4n) is 11.3. The van der Waals surface area contributed by atoms with Gasteiger partial charge in [-0.15, -0.1) is 0 Å². The van der Waals surface area contributed by atoms with Crippen LogP contribution < -0.4 is 9.80 Å². The molecule has 0 atom stereocenters. The van der Waals surface area contributed by atoms with Crippen molar-refractivity contribution in [2.75, 3.05) is 22.9 Å². The molecule has 66 heavy (non-hydrogen) atoms. The van der Waals surface area contributed by atoms with Gasteiger partial charge in [0.2, 0.25) is 6.67 Å². The van der Waals surface area contributed by atoms with E-state index >= 15 is 0 Å². The summed E-state index contributed by atoms with van der Waals surface area (Å²) < 4.78 is 1.92. The summed E-state index contributed by atoms with van der Waals surface area (Å²) in [4.78, 5) is 4.80. The summed E-state index contributed by atoms with van der Waals surface area (Å²) in [5.74, 6) is 1.88. The average Bonchev–Trinajstić information content (AvgIpc) is 3.81. The molecule has 1 aliphatic heterocycles. The third kappa shape index (κ3) is 13.3. The third-order valence-corrected chi connectivity index (χ3v) is 20.9. The van der Waals surface area contributed by atoms with Crippen molar-refractivity contribution in [2.45, 2.75) is 192 Å². The van der Waals surface area contributed by atoms with Crippen molar-refractivity contribution >= 4 is 64.8 Å². The zero-order chi connectivity index (χ0) is 46.7. The minimum absolute atomic E-state index is 0.385. The first-order chi connectivity index (χ1) is 31.9. The predicted molar refractivity (Wildman–Crippen MR) is 293 cm³/mol. The Balaban J connectivity index is 0.000000184. The second kappa shape index (κ2) is 25.0. The molecule has 5 aromatic carbocycles. The van der Waals surface area contributed by atoms with Crippen LogP contribution in [0.5, 0.6) is 0 Å². The van der Waals surface area contributed by atoms with Crippen molar-refractivity contribution < 1.29 is 13.5 Å². The van der Waals surface area contributed by atoms with E-state index in [1.807, 2.05) is 34.9 Å². The van der Waals surface area contributed by atoms with Crippen LogP contribution in [0.2, 0.25) is 0 Å². The van der Waals surface area contributed by atoms with E-state index in [1.165, 1.54) is 91.4 Å². The van der Waals surface area contributed by atoms with E-state index in [4.69, 9.17) is 19.4 Å². The molecular weight excluding hydrogens is 952 g/mol. The second-order valence-electron chi connectivity index (χ2n) is 21.0. The topological polar surface area (TPSA) is 6.48 Å². The maximum absolute atomic E-state index is 5.67. The molecule has 4 aliphatic rings. The average molecular weight is 1030 g/mol. The van der Waals surface area contributed by atoms with Gasteiger partial charge in [0.15, 0.2) is 0 Å². The Morgan fingerprint density at radius 3 is 1.23 bits per heavy atom. The second-order valence-corrected chi connectivity index (χ2v) is 29.8. The van der Waals surface area contributed by atoms with E-state index in [9.17, 15) is 0 Å². The summed E-state index contributed by atoms with van der Waals surface area (Å²) in [6, 6.07) is 33.1. The Bertz CT molecular complexity index is 2150. The van der Waals surface area contributed by atoms with Gasteiger partial charge in [-0.3, -0.25) is 0 Å². The number of halogens is 2. The number of benzene rings is 5. The van der Waals surface area contributed by atoms with E-state index in [1.54, 1.807) is 77.0 Å². The molecule has 358 valence electrons. The molecule has 5 aromatic rings. The van der Waals surface area contributed by atoms with E-state index in [0.29, 0.717) is 31.6 Å². The first-order valence-corrected chi connectivity index (χ1v) is 33.0. The molecule has 2 nitrogen and oxygen atoms in total. The van der Waals surface area contributed by atoms with Crippen LogP contribution in [0.4, 0.5) is 11.4 Å². The molecule has 9 rings (SSSR count). The van der Waals surface area contributed by atoms with Crippen LogP contribution in [0.1, 0.15) is 203 Å². The summed E-state index contributed by atoms with van der Waals surface area (Å²) in [6.45, 7) is 24.1. The number of hydrogen-bond acceptors (Lipinski definition) is 2. The molecule has 0 bridgehead atoms. The molecular formula is C60H81Cl2N2PRu. The fourth-order valence-corrected chi connectivity index (χ4v) is 17.8. The number of nitrogens with zero attached hydrogens (tertiary/aromatic N) is 2. The predicted octanol–water partition coefficient (Wildman–Crippen LogP) is 19.0. The number of rotatable bonds is 10. The molecule has 4 fully saturated rings. The first-order valence-electron chi connectivity index (χ1n) is 26.0. The quantitative estimate of drug-likeness (QED) is 0.102. The van der Waals surface area contributed by atoms with Gasteiger partial charge in [0.1, 0.15) is 0 Å². The van der Waals surface area contributed by atoms with Gasteiger partial charge in [-0.1, -0.05) is 170 Å². The summed E-state index contributed by atoms with van der Waals surface area (Å²) >= 11 is -1.61. The molecule has 0 amide bonds. The molecule has 0 unspecified atom stereocenters. The molecule has 3 aliphatic carbocycles. The molecule has 6 heteroatoms. The molecule has 2 radical (unpaired) electrons. The molecule has 0 spiro atoms. The molecule has 1 heterocycles. The van der Waals surface area contributed by atoms with Crippen molar-refractivity contribution in [3.8, 4) is 0 Å². The standard InChI is InChI=1S/C35H42N2.C18H33P.C7H6.2ClH.Ru/c1-22(2)28-11-9-26-13-15-30(24(5)6)34(32(26)19-28)36-17-18-37(21-36)35-31(25(7)8)16-14-27-10-12-29(23(3)4)20-33(27)35;1-4-10-16(11-5-1)19(17-12-6-2-7-13-17)18-14-8-3-9-15-18;1-7-5-3-2-4-6-7;;;/h9-16,19-20,22-25H,17-18H2,1-8H3;16-18H,1-15H2;1-6H;2*1H;/q;;;;;+2/p-2. The monoisotopic (exact) mass is 1030 g/mol. The van der Waals surface area contributed by atoms with Crippen LogP contribution in [0.25, 0.3) is 21.5 Å². The molecule has 1 saturated heterocycles. The van der Waals surface area contributed by atoms with Gasteiger partial charge in [0.25, 0.3) is 0 Å². The summed E-state index contributed by atoms with van der Waals surface area (Å²) in [5.41, 5.74) is 12.9.